The van der Waals surface area contributed by atoms with Crippen LogP contribution >= 0.6 is 0 Å². The number of aromatic nitrogens is 6. The van der Waals surface area contributed by atoms with Gasteiger partial charge in [-0.25, -0.2) is 0 Å². The molecule has 0 amide bonds. The van der Waals surface area contributed by atoms with Gasteiger partial charge in [-0.2, -0.15) is 9.78 Å². The molecule has 0 bridgehead atoms. The third kappa shape index (κ3) is 2.25. The molecule has 2 aromatic rings. The summed E-state index contributed by atoms with van der Waals surface area (Å²) in [7, 11) is 1.86. The first kappa shape index (κ1) is 10.7. The normalized spacial score (nSPS) is 11.2. The second kappa shape index (κ2) is 4.40. The van der Waals surface area contributed by atoms with Gasteiger partial charge >= 0.3 is 0 Å². The van der Waals surface area contributed by atoms with E-state index in [1.165, 1.54) is 0 Å². The number of nitrogens with zero attached hydrogens (tertiary/aromatic N) is 6. The van der Waals surface area contributed by atoms with Gasteiger partial charge < -0.3 is 5.32 Å². The first-order valence-electron chi connectivity index (χ1n) is 5.16. The van der Waals surface area contributed by atoms with Crippen LogP contribution in [0, 0.1) is 0 Å². The van der Waals surface area contributed by atoms with E-state index in [4.69, 9.17) is 0 Å². The summed E-state index contributed by atoms with van der Waals surface area (Å²) in [4.78, 5) is 0. The van der Waals surface area contributed by atoms with E-state index in [1.807, 2.05) is 13.2 Å². The van der Waals surface area contributed by atoms with Crippen LogP contribution in [0.4, 0.5) is 0 Å². The summed E-state index contributed by atoms with van der Waals surface area (Å²) in [5, 5.41) is 19.0. The lowest BCUT2D eigenvalue weighted by Crippen LogP contribution is -2.24. The molecular formula is C9H15N7. The minimum atomic E-state index is 0.402. The van der Waals surface area contributed by atoms with E-state index in [-0.39, 0.29) is 0 Å². The Balaban J connectivity index is 2.19. The molecule has 2 heterocycles. The van der Waals surface area contributed by atoms with Crippen molar-refractivity contribution in [1.82, 2.24) is 35.3 Å². The highest BCUT2D eigenvalue weighted by Crippen LogP contribution is 2.05. The summed E-state index contributed by atoms with van der Waals surface area (Å²) in [5.41, 5.74) is 0.869. The SMILES string of the molecule is CC(C)NCc1nnnn1-c1cnn(C)c1. The van der Waals surface area contributed by atoms with Gasteiger partial charge in [0.15, 0.2) is 5.82 Å². The van der Waals surface area contributed by atoms with Gasteiger partial charge in [0.1, 0.15) is 5.69 Å². The Hall–Kier alpha value is -1.76. The molecule has 1 N–H and O–H groups in total. The van der Waals surface area contributed by atoms with Gasteiger partial charge in [-0.15, -0.1) is 5.10 Å². The van der Waals surface area contributed by atoms with Crippen molar-refractivity contribution in [2.24, 2.45) is 7.05 Å². The van der Waals surface area contributed by atoms with Crippen molar-refractivity contribution in [3.05, 3.63) is 18.2 Å². The topological polar surface area (TPSA) is 73.5 Å². The molecule has 7 nitrogen and oxygen atoms in total. The van der Waals surface area contributed by atoms with Crippen molar-refractivity contribution >= 4 is 0 Å². The molecule has 0 atom stereocenters. The molecule has 0 unspecified atom stereocenters. The quantitative estimate of drug-likeness (QED) is 0.780. The van der Waals surface area contributed by atoms with Crippen LogP contribution in [0.3, 0.4) is 0 Å². The second-order valence-corrected chi connectivity index (χ2v) is 3.91. The van der Waals surface area contributed by atoms with Gasteiger partial charge in [0.2, 0.25) is 0 Å². The zero-order valence-electron chi connectivity index (χ0n) is 9.62. The molecule has 7 heteroatoms. The maximum absolute atomic E-state index is 4.09. The predicted molar refractivity (Wildman–Crippen MR) is 57.9 cm³/mol. The number of tetrazole rings is 1. The first-order valence-corrected chi connectivity index (χ1v) is 5.16. The van der Waals surface area contributed by atoms with E-state index in [2.05, 4.69) is 39.8 Å². The molecule has 0 saturated heterocycles. The molecule has 0 spiro atoms. The lowest BCUT2D eigenvalue weighted by molar-refractivity contribution is 0.563. The third-order valence-corrected chi connectivity index (χ3v) is 2.14. The summed E-state index contributed by atoms with van der Waals surface area (Å²) in [6, 6.07) is 0.402. The Bertz CT molecular complexity index is 456. The Kier molecular flexibility index (Phi) is 2.95. The maximum atomic E-state index is 4.09. The first-order chi connectivity index (χ1) is 7.66. The second-order valence-electron chi connectivity index (χ2n) is 3.91. The molecule has 2 rings (SSSR count). The van der Waals surface area contributed by atoms with E-state index in [9.17, 15) is 0 Å². The highest BCUT2D eigenvalue weighted by atomic mass is 15.6. The van der Waals surface area contributed by atoms with Crippen LogP contribution in [0.1, 0.15) is 19.7 Å². The van der Waals surface area contributed by atoms with Gasteiger partial charge in [0.25, 0.3) is 0 Å². The number of nitrogens with one attached hydrogen (secondary N) is 1. The van der Waals surface area contributed by atoms with Gasteiger partial charge in [-0.3, -0.25) is 4.68 Å². The summed E-state index contributed by atoms with van der Waals surface area (Å²) >= 11 is 0. The van der Waals surface area contributed by atoms with Crippen LogP contribution in [0.2, 0.25) is 0 Å². The summed E-state index contributed by atoms with van der Waals surface area (Å²) < 4.78 is 3.40. The average Bonchev–Trinajstić information content (AvgIpc) is 2.82. The summed E-state index contributed by atoms with van der Waals surface area (Å²) in [5.74, 6) is 0.779. The molecule has 0 radical (unpaired) electrons. The van der Waals surface area contributed by atoms with E-state index >= 15 is 0 Å². The monoisotopic (exact) mass is 221 g/mol. The highest BCUT2D eigenvalue weighted by molar-refractivity contribution is 5.24. The molecule has 0 aliphatic heterocycles. The minimum absolute atomic E-state index is 0.402. The molecule has 0 fully saturated rings. The summed E-state index contributed by atoms with van der Waals surface area (Å²) in [6.07, 6.45) is 3.60. The fourth-order valence-electron chi connectivity index (χ4n) is 1.33. The lowest BCUT2D eigenvalue weighted by atomic mass is 10.4. The van der Waals surface area contributed by atoms with Crippen molar-refractivity contribution in [3.8, 4) is 5.69 Å². The van der Waals surface area contributed by atoms with Gasteiger partial charge in [0.05, 0.1) is 18.9 Å². The molecule has 0 aromatic carbocycles. The lowest BCUT2D eigenvalue weighted by Gasteiger charge is -2.06. The van der Waals surface area contributed by atoms with E-state index in [0.29, 0.717) is 12.6 Å². The maximum Gasteiger partial charge on any atom is 0.170 e. The molecule has 0 aliphatic rings. The molecule has 0 saturated carbocycles. The van der Waals surface area contributed by atoms with Crippen molar-refractivity contribution in [2.75, 3.05) is 0 Å². The molecule has 0 aliphatic carbocycles. The van der Waals surface area contributed by atoms with Crippen LogP contribution in [0.25, 0.3) is 5.69 Å². The Morgan fingerprint density at radius 3 is 2.88 bits per heavy atom. The smallest absolute Gasteiger partial charge is 0.170 e. The Morgan fingerprint density at radius 2 is 2.25 bits per heavy atom. The average molecular weight is 221 g/mol. The van der Waals surface area contributed by atoms with Crippen LogP contribution in [0.5, 0.6) is 0 Å². The largest absolute Gasteiger partial charge is 0.308 e. The fourth-order valence-corrected chi connectivity index (χ4v) is 1.33. The van der Waals surface area contributed by atoms with E-state index in [0.717, 1.165) is 11.5 Å². The van der Waals surface area contributed by atoms with Gasteiger partial charge in [-0.05, 0) is 10.4 Å². The standard InChI is InChI=1S/C9H15N7/c1-7(2)10-5-9-12-13-14-16(9)8-4-11-15(3)6-8/h4,6-7,10H,5H2,1-3H3. The summed E-state index contributed by atoms with van der Waals surface area (Å²) in [6.45, 7) is 4.80. The van der Waals surface area contributed by atoms with Gasteiger partial charge in [-0.1, -0.05) is 13.8 Å². The molecule has 86 valence electrons. The number of aryl methyl sites for hydroxylation is 1. The van der Waals surface area contributed by atoms with E-state index < -0.39 is 0 Å². The zero-order valence-corrected chi connectivity index (χ0v) is 9.62. The van der Waals surface area contributed by atoms with Crippen LogP contribution in [0.15, 0.2) is 12.4 Å². The Morgan fingerprint density at radius 1 is 1.44 bits per heavy atom. The van der Waals surface area contributed by atoms with Gasteiger partial charge in [0, 0.05) is 13.1 Å². The van der Waals surface area contributed by atoms with Crippen LogP contribution < -0.4 is 5.32 Å². The molecule has 16 heavy (non-hydrogen) atoms. The minimum Gasteiger partial charge on any atom is -0.308 e. The predicted octanol–water partition coefficient (Wildman–Crippen LogP) is -0.106. The third-order valence-electron chi connectivity index (χ3n) is 2.14. The van der Waals surface area contributed by atoms with E-state index in [1.54, 1.807) is 15.6 Å². The number of hydrogen-bond acceptors (Lipinski definition) is 5. The molecular weight excluding hydrogens is 206 g/mol. The van der Waals surface area contributed by atoms with Crippen molar-refractivity contribution in [3.63, 3.8) is 0 Å². The van der Waals surface area contributed by atoms with Crippen LogP contribution in [-0.4, -0.2) is 36.0 Å². The molecule has 2 aromatic heterocycles. The van der Waals surface area contributed by atoms with Crippen molar-refractivity contribution < 1.29 is 0 Å². The number of rotatable bonds is 4. The van der Waals surface area contributed by atoms with Crippen molar-refractivity contribution in [1.29, 1.82) is 0 Å². The highest BCUT2D eigenvalue weighted by Gasteiger charge is 2.09. The Labute approximate surface area is 93.5 Å². The van der Waals surface area contributed by atoms with Crippen LogP contribution in [-0.2, 0) is 13.6 Å². The number of hydrogen-bond donors (Lipinski definition) is 1. The fraction of sp³-hybridized carbons (Fsp3) is 0.556. The zero-order chi connectivity index (χ0) is 11.5. The van der Waals surface area contributed by atoms with Crippen molar-refractivity contribution in [2.45, 2.75) is 26.4 Å².